The van der Waals surface area contributed by atoms with Crippen LogP contribution in [0.2, 0.25) is 0 Å². The Bertz CT molecular complexity index is 407. The number of nitrogens with zero attached hydrogens (tertiary/aromatic N) is 2. The molecule has 15 heavy (non-hydrogen) atoms. The van der Waals surface area contributed by atoms with Gasteiger partial charge in [-0.1, -0.05) is 19.9 Å². The van der Waals surface area contributed by atoms with Gasteiger partial charge >= 0.3 is 0 Å². The maximum absolute atomic E-state index is 8.76. The molecular formula is C13H14N2. The zero-order valence-corrected chi connectivity index (χ0v) is 9.07. The van der Waals surface area contributed by atoms with Gasteiger partial charge in [0, 0.05) is 18.0 Å². The summed E-state index contributed by atoms with van der Waals surface area (Å²) in [6.07, 6.45) is 6.00. The maximum Gasteiger partial charge on any atom is 0.140 e. The van der Waals surface area contributed by atoms with Crippen molar-refractivity contribution in [2.75, 3.05) is 0 Å². The Labute approximate surface area is 91.0 Å². The normalized spacial score (nSPS) is 11.8. The third-order valence-corrected chi connectivity index (χ3v) is 2.41. The number of nitriles is 1. The zero-order chi connectivity index (χ0) is 11.3. The van der Waals surface area contributed by atoms with Crippen molar-refractivity contribution in [1.29, 1.82) is 5.26 Å². The van der Waals surface area contributed by atoms with E-state index >= 15 is 0 Å². The first-order valence-corrected chi connectivity index (χ1v) is 4.99. The van der Waals surface area contributed by atoms with Crippen molar-refractivity contribution in [1.82, 2.24) is 4.98 Å². The van der Waals surface area contributed by atoms with Crippen LogP contribution in [0.4, 0.5) is 0 Å². The van der Waals surface area contributed by atoms with Crippen molar-refractivity contribution >= 4 is 0 Å². The SMILES string of the molecule is C#CCC(c1cccc(C#N)n1)C(C)C. The van der Waals surface area contributed by atoms with E-state index in [1.807, 2.05) is 18.2 Å². The highest BCUT2D eigenvalue weighted by Gasteiger charge is 2.16. The van der Waals surface area contributed by atoms with Crippen LogP contribution in [0.5, 0.6) is 0 Å². The van der Waals surface area contributed by atoms with Crippen molar-refractivity contribution < 1.29 is 0 Å². The maximum atomic E-state index is 8.76. The summed E-state index contributed by atoms with van der Waals surface area (Å²) in [5.41, 5.74) is 1.37. The van der Waals surface area contributed by atoms with Crippen molar-refractivity contribution in [2.24, 2.45) is 5.92 Å². The molecule has 0 amide bonds. The van der Waals surface area contributed by atoms with Crippen LogP contribution in [0.15, 0.2) is 18.2 Å². The standard InChI is InChI=1S/C13H14N2/c1-4-6-12(10(2)3)13-8-5-7-11(9-14)15-13/h1,5,7-8,10,12H,6H2,2-3H3. The van der Waals surface area contributed by atoms with E-state index in [1.54, 1.807) is 6.07 Å². The Balaban J connectivity index is 3.02. The van der Waals surface area contributed by atoms with E-state index in [9.17, 15) is 0 Å². The first-order valence-electron chi connectivity index (χ1n) is 4.99. The highest BCUT2D eigenvalue weighted by Crippen LogP contribution is 2.25. The minimum atomic E-state index is 0.239. The van der Waals surface area contributed by atoms with Gasteiger partial charge in [0.15, 0.2) is 0 Å². The predicted octanol–water partition coefficient (Wildman–Crippen LogP) is 2.72. The number of terminal acetylenes is 1. The summed E-state index contributed by atoms with van der Waals surface area (Å²) in [6, 6.07) is 7.53. The Hall–Kier alpha value is -1.80. The molecule has 0 spiro atoms. The van der Waals surface area contributed by atoms with E-state index in [-0.39, 0.29) is 5.92 Å². The quantitative estimate of drug-likeness (QED) is 0.700. The van der Waals surface area contributed by atoms with Crippen molar-refractivity contribution in [3.05, 3.63) is 29.6 Å². The van der Waals surface area contributed by atoms with Crippen LogP contribution in [-0.2, 0) is 0 Å². The Kier molecular flexibility index (Phi) is 3.89. The number of hydrogen-bond donors (Lipinski definition) is 0. The molecular weight excluding hydrogens is 184 g/mol. The average Bonchev–Trinajstić information content (AvgIpc) is 2.25. The highest BCUT2D eigenvalue weighted by molar-refractivity contribution is 5.24. The first-order chi connectivity index (χ1) is 7.19. The molecule has 1 aromatic heterocycles. The molecule has 1 aromatic rings. The van der Waals surface area contributed by atoms with Gasteiger partial charge in [0.05, 0.1) is 0 Å². The molecule has 0 radical (unpaired) electrons. The topological polar surface area (TPSA) is 36.7 Å². The molecule has 0 aliphatic rings. The number of hydrogen-bond acceptors (Lipinski definition) is 2. The minimum Gasteiger partial charge on any atom is -0.242 e. The summed E-state index contributed by atoms with van der Waals surface area (Å²) in [7, 11) is 0. The minimum absolute atomic E-state index is 0.239. The van der Waals surface area contributed by atoms with E-state index in [2.05, 4.69) is 24.8 Å². The molecule has 0 saturated heterocycles. The smallest absolute Gasteiger partial charge is 0.140 e. The molecule has 0 bridgehead atoms. The number of aromatic nitrogens is 1. The van der Waals surface area contributed by atoms with Gasteiger partial charge in [-0.2, -0.15) is 5.26 Å². The zero-order valence-electron chi connectivity index (χ0n) is 9.07. The predicted molar refractivity (Wildman–Crippen MR) is 60.0 cm³/mol. The van der Waals surface area contributed by atoms with E-state index in [1.165, 1.54) is 0 Å². The molecule has 1 heterocycles. The molecule has 1 unspecified atom stereocenters. The fourth-order valence-corrected chi connectivity index (χ4v) is 1.53. The van der Waals surface area contributed by atoms with Gasteiger partial charge in [0.2, 0.25) is 0 Å². The second kappa shape index (κ2) is 5.17. The van der Waals surface area contributed by atoms with E-state index in [0.29, 0.717) is 18.0 Å². The average molecular weight is 198 g/mol. The Morgan fingerprint density at radius 1 is 1.47 bits per heavy atom. The van der Waals surface area contributed by atoms with Gasteiger partial charge in [-0.25, -0.2) is 4.98 Å². The molecule has 2 nitrogen and oxygen atoms in total. The van der Waals surface area contributed by atoms with Gasteiger partial charge in [-0.05, 0) is 18.1 Å². The van der Waals surface area contributed by atoms with Crippen LogP contribution >= 0.6 is 0 Å². The van der Waals surface area contributed by atoms with Crippen molar-refractivity contribution in [3.8, 4) is 18.4 Å². The fraction of sp³-hybridized carbons (Fsp3) is 0.385. The van der Waals surface area contributed by atoms with Crippen molar-refractivity contribution in [2.45, 2.75) is 26.2 Å². The van der Waals surface area contributed by atoms with Gasteiger partial charge in [0.1, 0.15) is 11.8 Å². The van der Waals surface area contributed by atoms with Gasteiger partial charge in [-0.3, -0.25) is 0 Å². The number of rotatable bonds is 3. The molecule has 0 aliphatic carbocycles. The summed E-state index contributed by atoms with van der Waals surface area (Å²) in [5.74, 6) is 3.33. The first kappa shape index (κ1) is 11.3. The van der Waals surface area contributed by atoms with Crippen LogP contribution in [0.3, 0.4) is 0 Å². The summed E-state index contributed by atoms with van der Waals surface area (Å²) in [5, 5.41) is 8.76. The van der Waals surface area contributed by atoms with Crippen molar-refractivity contribution in [3.63, 3.8) is 0 Å². The molecule has 0 saturated carbocycles. The third kappa shape index (κ3) is 2.82. The molecule has 0 N–H and O–H groups in total. The molecule has 1 atom stereocenters. The molecule has 1 rings (SSSR count). The highest BCUT2D eigenvalue weighted by atomic mass is 14.7. The lowest BCUT2D eigenvalue weighted by molar-refractivity contribution is 0.496. The second-order valence-corrected chi connectivity index (χ2v) is 3.82. The van der Waals surface area contributed by atoms with Gasteiger partial charge < -0.3 is 0 Å². The van der Waals surface area contributed by atoms with E-state index in [4.69, 9.17) is 11.7 Å². The third-order valence-electron chi connectivity index (χ3n) is 2.41. The lowest BCUT2D eigenvalue weighted by Gasteiger charge is -2.17. The van der Waals surface area contributed by atoms with E-state index in [0.717, 1.165) is 5.69 Å². The van der Waals surface area contributed by atoms with Crippen LogP contribution in [0.1, 0.15) is 37.6 Å². The Morgan fingerprint density at radius 3 is 2.73 bits per heavy atom. The second-order valence-electron chi connectivity index (χ2n) is 3.82. The monoisotopic (exact) mass is 198 g/mol. The largest absolute Gasteiger partial charge is 0.242 e. The molecule has 0 aliphatic heterocycles. The van der Waals surface area contributed by atoms with Crippen LogP contribution in [-0.4, -0.2) is 4.98 Å². The fourth-order valence-electron chi connectivity index (χ4n) is 1.53. The molecule has 0 fully saturated rings. The van der Waals surface area contributed by atoms with Gasteiger partial charge in [-0.15, -0.1) is 12.3 Å². The lowest BCUT2D eigenvalue weighted by atomic mass is 9.89. The van der Waals surface area contributed by atoms with Crippen LogP contribution in [0, 0.1) is 29.6 Å². The van der Waals surface area contributed by atoms with Gasteiger partial charge in [0.25, 0.3) is 0 Å². The van der Waals surface area contributed by atoms with Crippen LogP contribution in [0.25, 0.3) is 0 Å². The summed E-state index contributed by atoms with van der Waals surface area (Å²) >= 11 is 0. The van der Waals surface area contributed by atoms with Crippen LogP contribution < -0.4 is 0 Å². The molecule has 2 heteroatoms. The Morgan fingerprint density at radius 2 is 2.20 bits per heavy atom. The summed E-state index contributed by atoms with van der Waals surface area (Å²) < 4.78 is 0. The lowest BCUT2D eigenvalue weighted by Crippen LogP contribution is -2.08. The molecule has 76 valence electrons. The summed E-state index contributed by atoms with van der Waals surface area (Å²) in [6.45, 7) is 4.23. The molecule has 0 aromatic carbocycles. The number of pyridine rings is 1. The summed E-state index contributed by atoms with van der Waals surface area (Å²) in [4.78, 5) is 4.27. The van der Waals surface area contributed by atoms with E-state index < -0.39 is 0 Å².